The quantitative estimate of drug-likeness (QED) is 0.602. The lowest BCUT2D eigenvalue weighted by Crippen LogP contribution is -2.32. The Labute approximate surface area is 175 Å². The van der Waals surface area contributed by atoms with Crippen molar-refractivity contribution in [2.24, 2.45) is 0 Å². The van der Waals surface area contributed by atoms with Crippen LogP contribution < -0.4 is 10.3 Å². The monoisotopic (exact) mass is 436 g/mol. The van der Waals surface area contributed by atoms with E-state index in [0.29, 0.717) is 10.7 Å². The van der Waals surface area contributed by atoms with E-state index in [1.807, 2.05) is 23.6 Å². The van der Waals surface area contributed by atoms with Gasteiger partial charge in [0.05, 0.1) is 17.2 Å². The molecule has 0 aliphatic heterocycles. The zero-order valence-electron chi connectivity index (χ0n) is 15.7. The van der Waals surface area contributed by atoms with Crippen molar-refractivity contribution >= 4 is 39.6 Å². The lowest BCUT2D eigenvalue weighted by molar-refractivity contribution is 0.0605. The molecule has 0 saturated carbocycles. The van der Waals surface area contributed by atoms with E-state index in [2.05, 4.69) is 4.72 Å². The molecule has 1 atom stereocenters. The van der Waals surface area contributed by atoms with E-state index in [1.54, 1.807) is 49.8 Å². The highest BCUT2D eigenvalue weighted by Crippen LogP contribution is 2.37. The minimum atomic E-state index is -1.16. The molecule has 8 heteroatoms. The van der Waals surface area contributed by atoms with Crippen LogP contribution in [0.15, 0.2) is 52.8 Å². The number of benzene rings is 1. The van der Waals surface area contributed by atoms with Gasteiger partial charge in [0.25, 0.3) is 5.56 Å². The van der Waals surface area contributed by atoms with Crippen molar-refractivity contribution in [1.82, 2.24) is 4.57 Å². The van der Waals surface area contributed by atoms with Gasteiger partial charge in [-0.25, -0.2) is 4.21 Å². The second kappa shape index (κ2) is 8.21. The van der Waals surface area contributed by atoms with E-state index >= 15 is 0 Å². The predicted octanol–water partition coefficient (Wildman–Crippen LogP) is 4.37. The van der Waals surface area contributed by atoms with Gasteiger partial charge < -0.3 is 14.4 Å². The third kappa shape index (κ3) is 5.11. The van der Waals surface area contributed by atoms with E-state index < -0.39 is 16.6 Å². The lowest BCUT2D eigenvalue weighted by Gasteiger charge is -2.19. The van der Waals surface area contributed by atoms with Crippen LogP contribution >= 0.6 is 22.9 Å². The zero-order chi connectivity index (χ0) is 20.5. The Kier molecular flexibility index (Phi) is 6.09. The molecule has 5 nitrogen and oxygen atoms in total. The molecule has 3 rings (SSSR count). The Hall–Kier alpha value is -1.93. The lowest BCUT2D eigenvalue weighted by atomic mass is 10.1. The molecule has 2 heterocycles. The predicted molar refractivity (Wildman–Crippen MR) is 118 cm³/mol. The van der Waals surface area contributed by atoms with Crippen molar-refractivity contribution in [3.05, 3.63) is 63.4 Å². The van der Waals surface area contributed by atoms with Gasteiger partial charge >= 0.3 is 0 Å². The fourth-order valence-electron chi connectivity index (χ4n) is 2.82. The molecule has 0 radical (unpaired) electrons. The third-order valence-electron chi connectivity index (χ3n) is 3.97. The van der Waals surface area contributed by atoms with Crippen LogP contribution in [0.5, 0.6) is 0 Å². The average molecular weight is 437 g/mol. The summed E-state index contributed by atoms with van der Waals surface area (Å²) in [4.78, 5) is 13.1. The first-order valence-electron chi connectivity index (χ1n) is 8.54. The van der Waals surface area contributed by atoms with Crippen LogP contribution in [0.2, 0.25) is 5.02 Å². The summed E-state index contributed by atoms with van der Waals surface area (Å²) in [5, 5.41) is 12.6. The SMILES string of the molecule is CS(=O)Nc1ccc(-c2cc(-c3ccc(=O)n(CC(C)(C)O)c3)cs2)c(Cl)c1. The molecule has 0 fully saturated rings. The first-order valence-corrected chi connectivity index (χ1v) is 11.4. The summed E-state index contributed by atoms with van der Waals surface area (Å²) >= 11 is 7.97. The Morgan fingerprint density at radius 2 is 1.96 bits per heavy atom. The number of hydrogen-bond acceptors (Lipinski definition) is 4. The summed E-state index contributed by atoms with van der Waals surface area (Å²) in [5.41, 5.74) is 2.31. The second-order valence-corrected chi connectivity index (χ2v) is 9.58. The maximum atomic E-state index is 12.1. The fourth-order valence-corrected chi connectivity index (χ4v) is 4.57. The van der Waals surface area contributed by atoms with Crippen LogP contribution in [-0.2, 0) is 17.5 Å². The zero-order valence-corrected chi connectivity index (χ0v) is 18.1. The molecular formula is C20H21ClN2O3S2. The highest BCUT2D eigenvalue weighted by Gasteiger charge is 2.15. The molecule has 0 saturated heterocycles. The van der Waals surface area contributed by atoms with Gasteiger partial charge in [0, 0.05) is 34.6 Å². The van der Waals surface area contributed by atoms with Gasteiger partial charge in [-0.3, -0.25) is 4.79 Å². The summed E-state index contributed by atoms with van der Waals surface area (Å²) in [6.45, 7) is 3.56. The Bertz CT molecular complexity index is 1080. The smallest absolute Gasteiger partial charge is 0.250 e. The number of anilines is 1. The fraction of sp³-hybridized carbons (Fsp3) is 0.250. The van der Waals surface area contributed by atoms with Crippen molar-refractivity contribution < 1.29 is 9.32 Å². The Morgan fingerprint density at radius 3 is 2.61 bits per heavy atom. The Balaban J connectivity index is 1.92. The number of halogens is 1. The molecular weight excluding hydrogens is 416 g/mol. The molecule has 0 aliphatic carbocycles. The maximum absolute atomic E-state index is 12.1. The summed E-state index contributed by atoms with van der Waals surface area (Å²) in [6.07, 6.45) is 3.32. The average Bonchev–Trinajstić information content (AvgIpc) is 3.05. The number of nitrogens with zero attached hydrogens (tertiary/aromatic N) is 1. The van der Waals surface area contributed by atoms with Gasteiger partial charge in [-0.1, -0.05) is 11.6 Å². The van der Waals surface area contributed by atoms with E-state index in [4.69, 9.17) is 11.6 Å². The van der Waals surface area contributed by atoms with Crippen molar-refractivity contribution in [1.29, 1.82) is 0 Å². The van der Waals surface area contributed by atoms with Crippen molar-refractivity contribution in [2.75, 3.05) is 11.0 Å². The molecule has 0 bridgehead atoms. The summed E-state index contributed by atoms with van der Waals surface area (Å²) in [6, 6.07) is 10.8. The first-order chi connectivity index (χ1) is 13.1. The largest absolute Gasteiger partial charge is 0.389 e. The molecule has 0 aliphatic rings. The van der Waals surface area contributed by atoms with Gasteiger partial charge in [0.2, 0.25) is 0 Å². The van der Waals surface area contributed by atoms with Gasteiger partial charge in [-0.05, 0) is 60.7 Å². The summed E-state index contributed by atoms with van der Waals surface area (Å²) < 4.78 is 15.6. The highest BCUT2D eigenvalue weighted by molar-refractivity contribution is 7.85. The number of pyridine rings is 1. The molecule has 1 unspecified atom stereocenters. The van der Waals surface area contributed by atoms with E-state index in [-0.39, 0.29) is 12.1 Å². The first kappa shape index (κ1) is 20.8. The Morgan fingerprint density at radius 1 is 1.21 bits per heavy atom. The van der Waals surface area contributed by atoms with Crippen molar-refractivity contribution in [2.45, 2.75) is 26.0 Å². The minimum Gasteiger partial charge on any atom is -0.389 e. The number of aliphatic hydroxyl groups is 1. The normalized spacial score (nSPS) is 12.8. The molecule has 28 heavy (non-hydrogen) atoms. The standard InChI is InChI=1S/C20H21ClN2O3S2/c1-20(2,25)12-23-10-13(4-7-19(23)24)14-8-18(27-11-14)16-6-5-15(9-17(16)21)22-28(3)26/h4-11,22,25H,12H2,1-3H3. The van der Waals surface area contributed by atoms with Crippen LogP contribution in [0.4, 0.5) is 5.69 Å². The van der Waals surface area contributed by atoms with Crippen LogP contribution in [0.3, 0.4) is 0 Å². The topological polar surface area (TPSA) is 71.3 Å². The summed E-state index contributed by atoms with van der Waals surface area (Å²) in [5.74, 6) is 0. The molecule has 148 valence electrons. The highest BCUT2D eigenvalue weighted by atomic mass is 35.5. The van der Waals surface area contributed by atoms with E-state index in [9.17, 15) is 14.1 Å². The van der Waals surface area contributed by atoms with Crippen molar-refractivity contribution in [3.63, 3.8) is 0 Å². The number of rotatable bonds is 6. The van der Waals surface area contributed by atoms with Crippen LogP contribution in [0.1, 0.15) is 13.8 Å². The number of aromatic nitrogens is 1. The molecule has 1 aromatic carbocycles. The van der Waals surface area contributed by atoms with Crippen LogP contribution in [-0.4, -0.2) is 25.7 Å². The van der Waals surface area contributed by atoms with Gasteiger partial charge in [-0.15, -0.1) is 11.3 Å². The van der Waals surface area contributed by atoms with Crippen LogP contribution in [0.25, 0.3) is 21.6 Å². The van der Waals surface area contributed by atoms with E-state index in [0.717, 1.165) is 21.6 Å². The van der Waals surface area contributed by atoms with Gasteiger partial charge in [0.1, 0.15) is 11.0 Å². The van der Waals surface area contributed by atoms with Gasteiger partial charge in [0.15, 0.2) is 0 Å². The van der Waals surface area contributed by atoms with Gasteiger partial charge in [-0.2, -0.15) is 0 Å². The molecule has 2 aromatic heterocycles. The molecule has 3 aromatic rings. The molecule has 0 spiro atoms. The third-order valence-corrected chi connectivity index (χ3v) is 5.77. The molecule has 2 N–H and O–H groups in total. The number of hydrogen-bond donors (Lipinski definition) is 2. The minimum absolute atomic E-state index is 0.152. The number of nitrogens with one attached hydrogen (secondary N) is 1. The van der Waals surface area contributed by atoms with E-state index in [1.165, 1.54) is 10.6 Å². The summed E-state index contributed by atoms with van der Waals surface area (Å²) in [7, 11) is -1.16. The van der Waals surface area contributed by atoms with Crippen LogP contribution in [0, 0.1) is 0 Å². The number of thiophene rings is 1. The maximum Gasteiger partial charge on any atom is 0.250 e. The molecule has 0 amide bonds. The van der Waals surface area contributed by atoms with Crippen molar-refractivity contribution in [3.8, 4) is 21.6 Å². The second-order valence-electron chi connectivity index (χ2n) is 7.15.